The summed E-state index contributed by atoms with van der Waals surface area (Å²) in [6.45, 7) is 3.72. The number of likely N-dealkylation sites (tertiary alicyclic amines) is 1. The molecule has 0 bridgehead atoms. The highest BCUT2D eigenvalue weighted by Crippen LogP contribution is 2.33. The lowest BCUT2D eigenvalue weighted by Gasteiger charge is -2.35. The molecule has 37 heavy (non-hydrogen) atoms. The van der Waals surface area contributed by atoms with Crippen molar-refractivity contribution in [1.29, 1.82) is 0 Å². The van der Waals surface area contributed by atoms with Crippen molar-refractivity contribution in [1.82, 2.24) is 15.2 Å². The lowest BCUT2D eigenvalue weighted by Crippen LogP contribution is -2.49. The van der Waals surface area contributed by atoms with E-state index in [1.165, 1.54) is 0 Å². The molecule has 2 aliphatic carbocycles. The van der Waals surface area contributed by atoms with Gasteiger partial charge >= 0.3 is 0 Å². The number of nitrogens with two attached hydrogens (primary N) is 1. The van der Waals surface area contributed by atoms with E-state index in [0.29, 0.717) is 28.4 Å². The van der Waals surface area contributed by atoms with E-state index >= 15 is 0 Å². The van der Waals surface area contributed by atoms with E-state index in [1.807, 2.05) is 23.2 Å². The Morgan fingerprint density at radius 1 is 1.03 bits per heavy atom. The van der Waals surface area contributed by atoms with Crippen molar-refractivity contribution < 1.29 is 9.59 Å². The summed E-state index contributed by atoms with van der Waals surface area (Å²) in [5.41, 5.74) is 11.0. The first-order chi connectivity index (χ1) is 17.9. The average molecular weight is 567 g/mol. The zero-order valence-corrected chi connectivity index (χ0v) is 23.0. The summed E-state index contributed by atoms with van der Waals surface area (Å²) in [7, 11) is 0. The van der Waals surface area contributed by atoms with Gasteiger partial charge in [0, 0.05) is 42.0 Å². The molecule has 8 heteroatoms. The van der Waals surface area contributed by atoms with E-state index < -0.39 is 0 Å². The van der Waals surface area contributed by atoms with Gasteiger partial charge in [0.05, 0.1) is 22.5 Å². The van der Waals surface area contributed by atoms with Crippen molar-refractivity contribution in [2.45, 2.75) is 70.4 Å². The van der Waals surface area contributed by atoms with Crippen LogP contribution in [0.4, 0.5) is 11.4 Å². The summed E-state index contributed by atoms with van der Waals surface area (Å²) in [6, 6.07) is 3.59. The Kier molecular flexibility index (Phi) is 7.84. The molecule has 1 aromatic heterocycles. The molecule has 1 saturated carbocycles. The number of hydrogen-bond acceptors (Lipinski definition) is 5. The Hall–Kier alpha value is -2.87. The number of pyridine rings is 1. The van der Waals surface area contributed by atoms with E-state index in [4.69, 9.17) is 5.73 Å². The minimum absolute atomic E-state index is 0.00889. The number of piperidine rings is 1. The third-order valence-corrected chi connectivity index (χ3v) is 8.33. The van der Waals surface area contributed by atoms with Crippen molar-refractivity contribution in [3.8, 4) is 0 Å². The fourth-order valence-electron chi connectivity index (χ4n) is 5.86. The molecular weight excluding hydrogens is 530 g/mol. The highest BCUT2D eigenvalue weighted by Gasteiger charge is 2.31. The number of nitrogens with zero attached hydrogens (tertiary/aromatic N) is 2. The number of hydrogen-bond donors (Lipinski definition) is 3. The van der Waals surface area contributed by atoms with Gasteiger partial charge in [-0.05, 0) is 67.7 Å². The largest absolute Gasteiger partial charge is 0.397 e. The number of anilines is 2. The zero-order chi connectivity index (χ0) is 25.9. The number of carbonyl (C=O) groups excluding carboxylic acids is 2. The minimum atomic E-state index is -0.101. The SMILES string of the molecule is CC1C=Cc2c(cncc2C(=O)N[C@H]2CCCC[C@H]2Nc2c(N)cc(Br)cc2C(=O)N2CCCCC2)C1. The van der Waals surface area contributed by atoms with Crippen molar-refractivity contribution in [3.63, 3.8) is 0 Å². The molecular formula is C29H36BrN5O2. The first-order valence-corrected chi connectivity index (χ1v) is 14.3. The topological polar surface area (TPSA) is 100 Å². The number of aromatic nitrogens is 1. The van der Waals surface area contributed by atoms with Crippen LogP contribution in [0.2, 0.25) is 0 Å². The minimum Gasteiger partial charge on any atom is -0.397 e. The Labute approximate surface area is 227 Å². The summed E-state index contributed by atoms with van der Waals surface area (Å²) < 4.78 is 0.785. The van der Waals surface area contributed by atoms with Gasteiger partial charge in [-0.2, -0.15) is 0 Å². The Morgan fingerprint density at radius 2 is 1.78 bits per heavy atom. The van der Waals surface area contributed by atoms with Gasteiger partial charge in [-0.1, -0.05) is 47.8 Å². The van der Waals surface area contributed by atoms with Crippen LogP contribution in [0.3, 0.4) is 0 Å². The Balaban J connectivity index is 1.37. The molecule has 2 aromatic rings. The Morgan fingerprint density at radius 3 is 2.57 bits per heavy atom. The molecule has 0 spiro atoms. The van der Waals surface area contributed by atoms with Crippen LogP contribution < -0.4 is 16.4 Å². The summed E-state index contributed by atoms with van der Waals surface area (Å²) in [6.07, 6.45) is 15.7. The summed E-state index contributed by atoms with van der Waals surface area (Å²) in [4.78, 5) is 33.2. The molecule has 1 aliphatic heterocycles. The molecule has 3 aliphatic rings. The fraction of sp³-hybridized carbons (Fsp3) is 0.483. The molecule has 1 unspecified atom stereocenters. The van der Waals surface area contributed by atoms with Crippen LogP contribution >= 0.6 is 15.9 Å². The van der Waals surface area contributed by atoms with Gasteiger partial charge in [-0.15, -0.1) is 0 Å². The molecule has 1 aromatic carbocycles. The number of benzene rings is 1. The highest BCUT2D eigenvalue weighted by atomic mass is 79.9. The number of amides is 2. The first kappa shape index (κ1) is 25.8. The van der Waals surface area contributed by atoms with Gasteiger partial charge in [-0.25, -0.2) is 0 Å². The molecule has 1 saturated heterocycles. The standard InChI is InChI=1S/C29H36BrN5O2/c1-18-9-10-21-19(13-18)16-32-17-23(21)28(36)34-26-8-4-3-7-25(26)33-27-22(14-20(30)15-24(27)31)29(37)35-11-5-2-6-12-35/h9-10,14-18,25-26,33H,2-8,11-13,31H2,1H3,(H,34,36)/t18?,25-,26+/m1/s1. The molecule has 2 fully saturated rings. The lowest BCUT2D eigenvalue weighted by atomic mass is 9.88. The molecule has 5 rings (SSSR count). The third kappa shape index (κ3) is 5.69. The monoisotopic (exact) mass is 565 g/mol. The fourth-order valence-corrected chi connectivity index (χ4v) is 6.34. The maximum atomic E-state index is 13.5. The summed E-state index contributed by atoms with van der Waals surface area (Å²) >= 11 is 3.52. The second kappa shape index (κ2) is 11.3. The Bertz CT molecular complexity index is 1210. The van der Waals surface area contributed by atoms with E-state index in [2.05, 4.69) is 50.6 Å². The second-order valence-corrected chi connectivity index (χ2v) is 11.6. The number of nitrogen functional groups attached to an aromatic ring is 1. The van der Waals surface area contributed by atoms with Crippen LogP contribution in [-0.4, -0.2) is 46.9 Å². The van der Waals surface area contributed by atoms with Crippen LogP contribution in [0.25, 0.3) is 6.08 Å². The maximum Gasteiger partial charge on any atom is 0.256 e. The summed E-state index contributed by atoms with van der Waals surface area (Å²) in [5, 5.41) is 6.89. The highest BCUT2D eigenvalue weighted by molar-refractivity contribution is 9.10. The average Bonchev–Trinajstić information content (AvgIpc) is 2.90. The van der Waals surface area contributed by atoms with Crippen molar-refractivity contribution in [2.75, 3.05) is 24.1 Å². The zero-order valence-electron chi connectivity index (χ0n) is 21.4. The maximum absolute atomic E-state index is 13.5. The van der Waals surface area contributed by atoms with Crippen molar-refractivity contribution in [3.05, 3.63) is 57.3 Å². The molecule has 2 amide bonds. The predicted molar refractivity (Wildman–Crippen MR) is 152 cm³/mol. The van der Waals surface area contributed by atoms with Crippen LogP contribution in [0.15, 0.2) is 35.1 Å². The van der Waals surface area contributed by atoms with Gasteiger partial charge in [0.15, 0.2) is 0 Å². The van der Waals surface area contributed by atoms with Gasteiger partial charge in [0.1, 0.15) is 0 Å². The predicted octanol–water partition coefficient (Wildman–Crippen LogP) is 5.41. The van der Waals surface area contributed by atoms with Crippen LogP contribution in [0.1, 0.15) is 83.7 Å². The number of nitrogens with one attached hydrogen (secondary N) is 2. The van der Waals surface area contributed by atoms with Crippen molar-refractivity contribution >= 4 is 45.2 Å². The van der Waals surface area contributed by atoms with E-state index in [1.54, 1.807) is 6.20 Å². The second-order valence-electron chi connectivity index (χ2n) is 10.7. The number of carbonyl (C=O) groups is 2. The van der Waals surface area contributed by atoms with Crippen molar-refractivity contribution in [2.24, 2.45) is 5.92 Å². The van der Waals surface area contributed by atoms with Gasteiger partial charge in [-0.3, -0.25) is 14.6 Å². The number of fused-ring (bicyclic) bond motifs is 1. The number of halogens is 1. The molecule has 2 heterocycles. The van der Waals surface area contributed by atoms with Gasteiger partial charge < -0.3 is 21.3 Å². The lowest BCUT2D eigenvalue weighted by molar-refractivity contribution is 0.0724. The molecule has 3 atom stereocenters. The van der Waals surface area contributed by atoms with Gasteiger partial charge in [0.25, 0.3) is 11.8 Å². The first-order valence-electron chi connectivity index (χ1n) is 13.5. The molecule has 0 radical (unpaired) electrons. The van der Waals surface area contributed by atoms with E-state index in [9.17, 15) is 9.59 Å². The van der Waals surface area contributed by atoms with Crippen LogP contribution in [0.5, 0.6) is 0 Å². The van der Waals surface area contributed by atoms with Crippen LogP contribution in [0, 0.1) is 5.92 Å². The molecule has 4 N–H and O–H groups in total. The molecule has 196 valence electrons. The smallest absolute Gasteiger partial charge is 0.256 e. The number of allylic oxidation sites excluding steroid dienone is 1. The van der Waals surface area contributed by atoms with Gasteiger partial charge in [0.2, 0.25) is 0 Å². The van der Waals surface area contributed by atoms with E-state index in [0.717, 1.165) is 80.1 Å². The molecule has 7 nitrogen and oxygen atoms in total. The quantitative estimate of drug-likeness (QED) is 0.421. The van der Waals surface area contributed by atoms with E-state index in [-0.39, 0.29) is 23.9 Å². The summed E-state index contributed by atoms with van der Waals surface area (Å²) in [5.74, 6) is 0.350. The third-order valence-electron chi connectivity index (χ3n) is 7.87. The van der Waals surface area contributed by atoms with Crippen LogP contribution in [-0.2, 0) is 6.42 Å². The normalized spacial score (nSPS) is 23.3. The number of rotatable bonds is 5.